The fourth-order valence-corrected chi connectivity index (χ4v) is 6.04. The van der Waals surface area contributed by atoms with E-state index < -0.39 is 0 Å². The van der Waals surface area contributed by atoms with Crippen molar-refractivity contribution in [2.45, 2.75) is 33.1 Å². The second-order valence-electron chi connectivity index (χ2n) is 10.0. The van der Waals surface area contributed by atoms with E-state index >= 15 is 0 Å². The molecule has 0 aliphatic heterocycles. The highest BCUT2D eigenvalue weighted by Gasteiger charge is 2.15. The van der Waals surface area contributed by atoms with Gasteiger partial charge in [0, 0.05) is 17.8 Å². The van der Waals surface area contributed by atoms with Gasteiger partial charge in [-0.1, -0.05) is 79.7 Å². The number of aliphatic imine (C=N–C) groups is 1. The molecular weight excluding hydrogens is 448 g/mol. The van der Waals surface area contributed by atoms with Gasteiger partial charge in [0.25, 0.3) is 0 Å². The van der Waals surface area contributed by atoms with Crippen molar-refractivity contribution in [3.05, 3.63) is 101 Å². The fourth-order valence-electron chi connectivity index (χ4n) is 6.04. The molecule has 178 valence electrons. The Bertz CT molecular complexity index is 1910. The van der Waals surface area contributed by atoms with Gasteiger partial charge in [-0.3, -0.25) is 9.98 Å². The van der Waals surface area contributed by atoms with Crippen molar-refractivity contribution in [1.29, 1.82) is 0 Å². The van der Waals surface area contributed by atoms with Crippen LogP contribution in [0.3, 0.4) is 0 Å². The third kappa shape index (κ3) is 3.48. The SMILES string of the molecule is CCC=Nc1c(C)cc(-c2ccc(-c3ccc4ccc5c6c(ccc3c46)CCC=5)cc2)c2cccnc12. The number of aromatic nitrogens is 1. The van der Waals surface area contributed by atoms with Gasteiger partial charge in [0.1, 0.15) is 0 Å². The van der Waals surface area contributed by atoms with E-state index in [1.54, 1.807) is 0 Å². The lowest BCUT2D eigenvalue weighted by atomic mass is 9.87. The van der Waals surface area contributed by atoms with E-state index in [9.17, 15) is 0 Å². The first-order chi connectivity index (χ1) is 18.2. The van der Waals surface area contributed by atoms with Gasteiger partial charge in [0.2, 0.25) is 0 Å². The number of nitrogens with zero attached hydrogens (tertiary/aromatic N) is 2. The summed E-state index contributed by atoms with van der Waals surface area (Å²) in [5.41, 5.74) is 9.49. The fraction of sp³-hybridized carbons (Fsp3) is 0.143. The molecule has 0 saturated heterocycles. The monoisotopic (exact) mass is 476 g/mol. The topological polar surface area (TPSA) is 25.2 Å². The highest BCUT2D eigenvalue weighted by Crippen LogP contribution is 2.39. The summed E-state index contributed by atoms with van der Waals surface area (Å²) >= 11 is 0. The summed E-state index contributed by atoms with van der Waals surface area (Å²) in [5.74, 6) is 0. The minimum atomic E-state index is 0.906. The van der Waals surface area contributed by atoms with Crippen LogP contribution < -0.4 is 5.22 Å². The summed E-state index contributed by atoms with van der Waals surface area (Å²) in [6, 6.07) is 29.3. The summed E-state index contributed by atoms with van der Waals surface area (Å²) in [5, 5.41) is 8.04. The van der Waals surface area contributed by atoms with Crippen LogP contribution in [0.5, 0.6) is 0 Å². The Morgan fingerprint density at radius 1 is 0.838 bits per heavy atom. The highest BCUT2D eigenvalue weighted by atomic mass is 14.8. The summed E-state index contributed by atoms with van der Waals surface area (Å²) in [6.07, 6.45) is 9.38. The third-order valence-electron chi connectivity index (χ3n) is 7.78. The minimum absolute atomic E-state index is 0.906. The first-order valence-electron chi connectivity index (χ1n) is 13.2. The maximum atomic E-state index is 4.72. The lowest BCUT2D eigenvalue weighted by Crippen LogP contribution is -2.09. The van der Waals surface area contributed by atoms with Gasteiger partial charge >= 0.3 is 0 Å². The molecular formula is C35H28N2. The summed E-state index contributed by atoms with van der Waals surface area (Å²) < 4.78 is 0. The average molecular weight is 477 g/mol. The van der Waals surface area contributed by atoms with Gasteiger partial charge in [-0.05, 0) is 98.5 Å². The first kappa shape index (κ1) is 21.9. The van der Waals surface area contributed by atoms with Crippen LogP contribution in [0.1, 0.15) is 30.9 Å². The van der Waals surface area contributed by atoms with E-state index in [0.29, 0.717) is 0 Å². The molecule has 0 bridgehead atoms. The summed E-state index contributed by atoms with van der Waals surface area (Å²) in [7, 11) is 0. The van der Waals surface area contributed by atoms with E-state index in [0.717, 1.165) is 41.4 Å². The van der Waals surface area contributed by atoms with Gasteiger partial charge in [-0.2, -0.15) is 0 Å². The van der Waals surface area contributed by atoms with Crippen LogP contribution in [0.15, 0.2) is 90.1 Å². The van der Waals surface area contributed by atoms with Crippen LogP contribution >= 0.6 is 0 Å². The number of rotatable bonds is 4. The lowest BCUT2D eigenvalue weighted by molar-refractivity contribution is 1.04. The van der Waals surface area contributed by atoms with Gasteiger partial charge in [-0.25, -0.2) is 0 Å². The number of hydrogen-bond acceptors (Lipinski definition) is 2. The Hall–Kier alpha value is -4.30. The lowest BCUT2D eigenvalue weighted by Gasteiger charge is -2.17. The van der Waals surface area contributed by atoms with Crippen LogP contribution in [0, 0.1) is 6.92 Å². The molecule has 0 N–H and O–H groups in total. The van der Waals surface area contributed by atoms with E-state index in [1.807, 2.05) is 18.5 Å². The molecule has 0 radical (unpaired) electrons. The van der Waals surface area contributed by atoms with Crippen LogP contribution in [-0.4, -0.2) is 11.2 Å². The number of benzene rings is 5. The second kappa shape index (κ2) is 8.67. The molecule has 0 spiro atoms. The number of hydrogen-bond donors (Lipinski definition) is 0. The third-order valence-corrected chi connectivity index (χ3v) is 7.78. The molecule has 0 fully saturated rings. The Balaban J connectivity index is 1.37. The van der Waals surface area contributed by atoms with Gasteiger partial charge < -0.3 is 0 Å². The molecule has 0 amide bonds. The van der Waals surface area contributed by atoms with E-state index in [4.69, 9.17) is 9.98 Å². The molecule has 1 aliphatic rings. The average Bonchev–Trinajstić information content (AvgIpc) is 2.95. The van der Waals surface area contributed by atoms with Gasteiger partial charge in [-0.15, -0.1) is 0 Å². The first-order valence-corrected chi connectivity index (χ1v) is 13.2. The molecule has 5 aromatic carbocycles. The van der Waals surface area contributed by atoms with Crippen molar-refractivity contribution < 1.29 is 0 Å². The number of aryl methyl sites for hydroxylation is 2. The minimum Gasteiger partial charge on any atom is -0.259 e. The van der Waals surface area contributed by atoms with Gasteiger partial charge in [0.15, 0.2) is 0 Å². The summed E-state index contributed by atoms with van der Waals surface area (Å²) in [6.45, 7) is 4.23. The molecule has 0 atom stereocenters. The Kier molecular flexibility index (Phi) is 5.14. The molecule has 0 saturated carbocycles. The maximum Gasteiger partial charge on any atom is 0.0967 e. The van der Waals surface area contributed by atoms with Crippen molar-refractivity contribution in [3.8, 4) is 22.3 Å². The molecule has 7 rings (SSSR count). The van der Waals surface area contributed by atoms with Crippen molar-refractivity contribution in [1.82, 2.24) is 4.98 Å². The Morgan fingerprint density at radius 3 is 2.49 bits per heavy atom. The molecule has 2 nitrogen and oxygen atoms in total. The molecule has 1 heterocycles. The van der Waals surface area contributed by atoms with E-state index in [-0.39, 0.29) is 0 Å². The maximum absolute atomic E-state index is 4.72. The molecule has 0 unspecified atom stereocenters. The zero-order valence-electron chi connectivity index (χ0n) is 21.3. The number of fused-ring (bicyclic) bond motifs is 1. The molecule has 2 heteroatoms. The molecule has 1 aromatic heterocycles. The van der Waals surface area contributed by atoms with Crippen molar-refractivity contribution in [3.63, 3.8) is 0 Å². The van der Waals surface area contributed by atoms with E-state index in [1.165, 1.54) is 54.6 Å². The normalized spacial score (nSPS) is 13.1. The Labute approximate surface area is 217 Å². The van der Waals surface area contributed by atoms with Crippen molar-refractivity contribution in [2.24, 2.45) is 4.99 Å². The quantitative estimate of drug-likeness (QED) is 0.234. The molecule has 37 heavy (non-hydrogen) atoms. The predicted octanol–water partition coefficient (Wildman–Crippen LogP) is 8.74. The standard InChI is InChI=1S/C35H28N2/c1-3-19-36-34-22(2)21-31(30-8-5-20-37-35(30)34)24-11-9-23(10-12-24)28-17-15-27-14-13-25-6-4-7-26-16-18-29(28)33(27)32(25)26/h5-6,8-21H,3-4,7H2,1-2H3. The van der Waals surface area contributed by atoms with Crippen LogP contribution in [0.25, 0.3) is 60.8 Å². The van der Waals surface area contributed by atoms with Crippen molar-refractivity contribution in [2.75, 3.05) is 0 Å². The highest BCUT2D eigenvalue weighted by molar-refractivity contribution is 6.16. The van der Waals surface area contributed by atoms with Crippen LogP contribution in [0.4, 0.5) is 5.69 Å². The van der Waals surface area contributed by atoms with Crippen LogP contribution in [-0.2, 0) is 6.42 Å². The predicted molar refractivity (Wildman–Crippen MR) is 159 cm³/mol. The zero-order valence-corrected chi connectivity index (χ0v) is 21.3. The molecule has 6 aromatic rings. The van der Waals surface area contributed by atoms with Crippen LogP contribution in [0.2, 0.25) is 0 Å². The van der Waals surface area contributed by atoms with Crippen molar-refractivity contribution >= 4 is 50.4 Å². The smallest absolute Gasteiger partial charge is 0.0967 e. The van der Waals surface area contributed by atoms with Gasteiger partial charge in [0.05, 0.1) is 11.2 Å². The largest absolute Gasteiger partial charge is 0.259 e. The Morgan fingerprint density at radius 2 is 1.65 bits per heavy atom. The molecule has 1 aliphatic carbocycles. The van der Waals surface area contributed by atoms with E-state index in [2.05, 4.69) is 92.7 Å². The second-order valence-corrected chi connectivity index (χ2v) is 10.0. The summed E-state index contributed by atoms with van der Waals surface area (Å²) in [4.78, 5) is 9.43. The zero-order chi connectivity index (χ0) is 24.9. The number of pyridine rings is 1.